The number of ether oxygens (including phenoxy) is 1. The normalized spacial score (nSPS) is 10.1. The summed E-state index contributed by atoms with van der Waals surface area (Å²) < 4.78 is 4.71. The summed E-state index contributed by atoms with van der Waals surface area (Å²) in [6.07, 6.45) is 0. The first-order chi connectivity index (χ1) is 10.5. The van der Waals surface area contributed by atoms with Crippen molar-refractivity contribution in [3.05, 3.63) is 47.5 Å². The van der Waals surface area contributed by atoms with Gasteiger partial charge in [-0.1, -0.05) is 12.1 Å². The quantitative estimate of drug-likeness (QED) is 0.648. The first-order valence-corrected chi connectivity index (χ1v) is 6.43. The number of phenols is 2. The molecule has 2 N–H and O–H groups in total. The fourth-order valence-corrected chi connectivity index (χ4v) is 2.10. The third kappa shape index (κ3) is 2.85. The van der Waals surface area contributed by atoms with Crippen LogP contribution >= 0.6 is 0 Å². The molecule has 0 aliphatic rings. The number of carbonyl (C=O) groups is 2. The Bertz CT molecular complexity index is 724. The molecule has 6 heteroatoms. The van der Waals surface area contributed by atoms with Crippen LogP contribution in [-0.4, -0.2) is 36.6 Å². The van der Waals surface area contributed by atoms with E-state index in [0.717, 1.165) is 0 Å². The van der Waals surface area contributed by atoms with Gasteiger partial charge in [0.2, 0.25) is 5.78 Å². The van der Waals surface area contributed by atoms with Crippen molar-refractivity contribution >= 4 is 17.9 Å². The Labute approximate surface area is 127 Å². The predicted octanol–water partition coefficient (Wildman–Crippen LogP) is 1.93. The molecular formula is C16H15NO5. The summed E-state index contributed by atoms with van der Waals surface area (Å²) in [6.45, 7) is 0.235. The molecule has 0 aromatic heterocycles. The monoisotopic (exact) mass is 301 g/mol. The van der Waals surface area contributed by atoms with E-state index < -0.39 is 5.78 Å². The van der Waals surface area contributed by atoms with Crippen molar-refractivity contribution in [2.75, 3.05) is 19.0 Å². The lowest BCUT2D eigenvalue weighted by Gasteiger charge is -2.19. The zero-order valence-electron chi connectivity index (χ0n) is 12.1. The van der Waals surface area contributed by atoms with Crippen molar-refractivity contribution in [1.29, 1.82) is 0 Å². The Morgan fingerprint density at radius 2 is 1.82 bits per heavy atom. The molecule has 114 valence electrons. The van der Waals surface area contributed by atoms with Gasteiger partial charge in [0.05, 0.1) is 16.8 Å². The van der Waals surface area contributed by atoms with E-state index in [1.54, 1.807) is 31.1 Å². The second-order valence-electron chi connectivity index (χ2n) is 4.79. The molecule has 0 bridgehead atoms. The van der Waals surface area contributed by atoms with Crippen LogP contribution in [0.3, 0.4) is 0 Å². The molecule has 6 nitrogen and oxygen atoms in total. The number of carbonyl (C=O) groups excluding carboxylic acids is 2. The summed E-state index contributed by atoms with van der Waals surface area (Å²) in [4.78, 5) is 24.7. The van der Waals surface area contributed by atoms with Crippen LogP contribution in [0.4, 0.5) is 5.69 Å². The third-order valence-corrected chi connectivity index (χ3v) is 3.11. The minimum absolute atomic E-state index is 0.0183. The standard InChI is InChI=1S/C16H15NO5/c1-17(2)12-7-10(22-9-18)8-14(20)15(12)16(21)11-5-3-4-6-13(11)19/h3-9,19-20H,1-2H3. The minimum atomic E-state index is -0.531. The molecule has 0 atom stereocenters. The molecule has 0 saturated carbocycles. The second kappa shape index (κ2) is 6.17. The van der Waals surface area contributed by atoms with Gasteiger partial charge in [0.25, 0.3) is 6.47 Å². The van der Waals surface area contributed by atoms with Gasteiger partial charge in [-0.15, -0.1) is 0 Å². The van der Waals surface area contributed by atoms with E-state index in [9.17, 15) is 19.8 Å². The van der Waals surface area contributed by atoms with Gasteiger partial charge in [-0.3, -0.25) is 9.59 Å². The Balaban J connectivity index is 2.61. The lowest BCUT2D eigenvalue weighted by molar-refractivity contribution is -0.120. The van der Waals surface area contributed by atoms with Crippen LogP contribution in [0, 0.1) is 0 Å². The third-order valence-electron chi connectivity index (χ3n) is 3.11. The number of hydrogen-bond acceptors (Lipinski definition) is 6. The molecule has 0 aliphatic heterocycles. The molecular weight excluding hydrogens is 286 g/mol. The van der Waals surface area contributed by atoms with Gasteiger partial charge in [-0.05, 0) is 12.1 Å². The summed E-state index contributed by atoms with van der Waals surface area (Å²) in [6, 6.07) is 8.70. The van der Waals surface area contributed by atoms with Crippen LogP contribution in [-0.2, 0) is 4.79 Å². The van der Waals surface area contributed by atoms with Crippen LogP contribution < -0.4 is 9.64 Å². The van der Waals surface area contributed by atoms with Crippen LogP contribution in [0.15, 0.2) is 36.4 Å². The molecule has 0 spiro atoms. The summed E-state index contributed by atoms with van der Waals surface area (Å²) in [5.41, 5.74) is 0.458. The summed E-state index contributed by atoms with van der Waals surface area (Å²) >= 11 is 0. The molecule has 0 amide bonds. The highest BCUT2D eigenvalue weighted by molar-refractivity contribution is 6.15. The molecule has 0 radical (unpaired) electrons. The molecule has 22 heavy (non-hydrogen) atoms. The summed E-state index contributed by atoms with van der Waals surface area (Å²) in [7, 11) is 3.36. The first-order valence-electron chi connectivity index (χ1n) is 6.43. The number of benzene rings is 2. The Morgan fingerprint density at radius 3 is 2.41 bits per heavy atom. The lowest BCUT2D eigenvalue weighted by Crippen LogP contribution is -2.15. The highest BCUT2D eigenvalue weighted by atomic mass is 16.5. The average Bonchev–Trinajstić information content (AvgIpc) is 2.46. The number of rotatable bonds is 5. The number of ketones is 1. The minimum Gasteiger partial charge on any atom is -0.507 e. The number of hydrogen-bond donors (Lipinski definition) is 2. The summed E-state index contributed by atoms with van der Waals surface area (Å²) in [5, 5.41) is 20.0. The van der Waals surface area contributed by atoms with E-state index in [1.807, 2.05) is 0 Å². The van der Waals surface area contributed by atoms with Crippen molar-refractivity contribution in [2.45, 2.75) is 0 Å². The molecule has 0 heterocycles. The zero-order chi connectivity index (χ0) is 16.3. The highest BCUT2D eigenvalue weighted by Crippen LogP contribution is 2.36. The summed E-state index contributed by atoms with van der Waals surface area (Å²) in [5.74, 6) is -0.928. The molecule has 0 aliphatic carbocycles. The fraction of sp³-hybridized carbons (Fsp3) is 0.125. The van der Waals surface area contributed by atoms with Gasteiger partial charge >= 0.3 is 0 Å². The maximum atomic E-state index is 12.6. The van der Waals surface area contributed by atoms with Gasteiger partial charge in [0, 0.05) is 26.2 Å². The van der Waals surface area contributed by atoms with Gasteiger partial charge in [-0.2, -0.15) is 0 Å². The van der Waals surface area contributed by atoms with E-state index in [0.29, 0.717) is 5.69 Å². The maximum Gasteiger partial charge on any atom is 0.298 e. The van der Waals surface area contributed by atoms with Crippen molar-refractivity contribution in [3.8, 4) is 17.2 Å². The van der Waals surface area contributed by atoms with Crippen molar-refractivity contribution in [1.82, 2.24) is 0 Å². The van der Waals surface area contributed by atoms with Crippen LogP contribution in [0.25, 0.3) is 0 Å². The Hall–Kier alpha value is -3.02. The number of aromatic hydroxyl groups is 2. The maximum absolute atomic E-state index is 12.6. The molecule has 0 unspecified atom stereocenters. The molecule has 2 rings (SSSR count). The molecule has 2 aromatic rings. The van der Waals surface area contributed by atoms with Crippen molar-refractivity contribution in [2.24, 2.45) is 0 Å². The number of para-hydroxylation sites is 1. The largest absolute Gasteiger partial charge is 0.507 e. The SMILES string of the molecule is CN(C)c1cc(OC=O)cc(O)c1C(=O)c1ccccc1O. The Morgan fingerprint density at radius 1 is 1.14 bits per heavy atom. The van der Waals surface area contributed by atoms with Gasteiger partial charge in [0.15, 0.2) is 0 Å². The van der Waals surface area contributed by atoms with Gasteiger partial charge in [0.1, 0.15) is 17.2 Å². The molecule has 2 aromatic carbocycles. The van der Waals surface area contributed by atoms with E-state index >= 15 is 0 Å². The average molecular weight is 301 g/mol. The van der Waals surface area contributed by atoms with Gasteiger partial charge < -0.3 is 19.8 Å². The van der Waals surface area contributed by atoms with Crippen LogP contribution in [0.1, 0.15) is 15.9 Å². The fourth-order valence-electron chi connectivity index (χ4n) is 2.10. The number of anilines is 1. The first kappa shape index (κ1) is 15.4. The van der Waals surface area contributed by atoms with E-state index in [2.05, 4.69) is 0 Å². The Kier molecular flexibility index (Phi) is 4.31. The van der Waals surface area contributed by atoms with E-state index in [1.165, 1.54) is 24.3 Å². The van der Waals surface area contributed by atoms with Crippen LogP contribution in [0.5, 0.6) is 17.2 Å². The molecule has 0 saturated heterocycles. The lowest BCUT2D eigenvalue weighted by atomic mass is 9.99. The zero-order valence-corrected chi connectivity index (χ0v) is 12.1. The second-order valence-corrected chi connectivity index (χ2v) is 4.79. The van der Waals surface area contributed by atoms with E-state index in [4.69, 9.17) is 4.74 Å². The number of phenolic OH excluding ortho intramolecular Hbond substituents is 2. The highest BCUT2D eigenvalue weighted by Gasteiger charge is 2.23. The molecule has 0 fully saturated rings. The van der Waals surface area contributed by atoms with Crippen LogP contribution in [0.2, 0.25) is 0 Å². The number of nitrogens with zero attached hydrogens (tertiary/aromatic N) is 1. The van der Waals surface area contributed by atoms with Crippen molar-refractivity contribution in [3.63, 3.8) is 0 Å². The smallest absolute Gasteiger partial charge is 0.298 e. The van der Waals surface area contributed by atoms with Crippen molar-refractivity contribution < 1.29 is 24.5 Å². The topological polar surface area (TPSA) is 87.1 Å². The van der Waals surface area contributed by atoms with Gasteiger partial charge in [-0.25, -0.2) is 0 Å². The predicted molar refractivity (Wildman–Crippen MR) is 80.7 cm³/mol. The van der Waals surface area contributed by atoms with E-state index in [-0.39, 0.29) is 34.8 Å².